The molecule has 3 saturated heterocycles. The summed E-state index contributed by atoms with van der Waals surface area (Å²) in [6.45, 7) is 6.16. The number of quaternary nitrogens is 1. The van der Waals surface area contributed by atoms with Crippen LogP contribution in [-0.2, 0) is 6.54 Å². The molecule has 3 aliphatic rings. The summed E-state index contributed by atoms with van der Waals surface area (Å²) in [6, 6.07) is 13.5. The Bertz CT molecular complexity index is 1130. The monoisotopic (exact) mass is 421 g/mol. The SMILES string of the molecule is C=CC1C[N+]2(Cc3ccc(F)cc3F)CCC1CC2[C@H](O)c1ccnc2ccccc12. The zero-order valence-electron chi connectivity index (χ0n) is 17.4. The van der Waals surface area contributed by atoms with E-state index in [9.17, 15) is 13.9 Å². The molecule has 3 aliphatic heterocycles. The molecule has 3 nitrogen and oxygen atoms in total. The lowest BCUT2D eigenvalue weighted by molar-refractivity contribution is -0.985. The Morgan fingerprint density at radius 2 is 2.03 bits per heavy atom. The fraction of sp³-hybridized carbons (Fsp3) is 0.346. The molecule has 4 heterocycles. The van der Waals surface area contributed by atoms with Crippen molar-refractivity contribution in [1.29, 1.82) is 0 Å². The van der Waals surface area contributed by atoms with Crippen LogP contribution < -0.4 is 0 Å². The van der Waals surface area contributed by atoms with Crippen molar-refractivity contribution in [2.75, 3.05) is 13.1 Å². The van der Waals surface area contributed by atoms with E-state index in [1.54, 1.807) is 12.3 Å². The molecule has 160 valence electrons. The van der Waals surface area contributed by atoms with Gasteiger partial charge in [-0.05, 0) is 35.7 Å². The molecule has 0 amide bonds. The molecule has 0 aliphatic carbocycles. The van der Waals surface area contributed by atoms with Gasteiger partial charge in [0.2, 0.25) is 0 Å². The number of aliphatic hydroxyl groups excluding tert-OH is 1. The van der Waals surface area contributed by atoms with E-state index in [1.165, 1.54) is 6.07 Å². The van der Waals surface area contributed by atoms with Crippen molar-refractivity contribution in [3.63, 3.8) is 0 Å². The second-order valence-electron chi connectivity index (χ2n) is 9.13. The number of benzene rings is 2. The van der Waals surface area contributed by atoms with Crippen molar-refractivity contribution in [3.8, 4) is 0 Å². The standard InChI is InChI=1S/C26H27F2N2O/c1-2-17-15-30(16-19-7-8-20(27)14-23(19)28)12-10-18(17)13-25(30)26(31)22-9-11-29-24-6-4-3-5-21(22)24/h2-9,11,14,17-18,25-26,31H,1,10,12-13,15-16H2/q+1/t17?,18?,25?,26-,30?/m1/s1. The average molecular weight is 422 g/mol. The number of para-hydroxylation sites is 1. The van der Waals surface area contributed by atoms with Crippen molar-refractivity contribution in [1.82, 2.24) is 4.98 Å². The maximum Gasteiger partial charge on any atom is 0.134 e. The molecule has 31 heavy (non-hydrogen) atoms. The normalized spacial score (nSPS) is 28.5. The number of piperidine rings is 3. The predicted molar refractivity (Wildman–Crippen MR) is 117 cm³/mol. The number of aliphatic hydroxyl groups is 1. The molecule has 0 spiro atoms. The molecule has 5 atom stereocenters. The fourth-order valence-corrected chi connectivity index (χ4v) is 5.95. The lowest BCUT2D eigenvalue weighted by atomic mass is 9.71. The molecule has 5 heteroatoms. The third kappa shape index (κ3) is 3.46. The highest BCUT2D eigenvalue weighted by atomic mass is 19.1. The van der Waals surface area contributed by atoms with Crippen LogP contribution in [0.4, 0.5) is 8.78 Å². The number of halogens is 2. The van der Waals surface area contributed by atoms with Gasteiger partial charge in [0, 0.05) is 42.0 Å². The summed E-state index contributed by atoms with van der Waals surface area (Å²) < 4.78 is 28.7. The first-order valence-electron chi connectivity index (χ1n) is 10.9. The molecule has 3 fully saturated rings. The smallest absolute Gasteiger partial charge is 0.134 e. The van der Waals surface area contributed by atoms with Gasteiger partial charge in [-0.2, -0.15) is 0 Å². The zero-order chi connectivity index (χ0) is 21.6. The van der Waals surface area contributed by atoms with Gasteiger partial charge in [-0.3, -0.25) is 4.98 Å². The molecule has 1 N–H and O–H groups in total. The van der Waals surface area contributed by atoms with Crippen molar-refractivity contribution in [2.24, 2.45) is 11.8 Å². The molecule has 6 rings (SSSR count). The molecule has 1 aromatic heterocycles. The van der Waals surface area contributed by atoms with E-state index in [0.29, 0.717) is 28.4 Å². The van der Waals surface area contributed by atoms with Crippen LogP contribution in [-0.4, -0.2) is 33.7 Å². The Hall–Kier alpha value is -2.63. The van der Waals surface area contributed by atoms with Crippen molar-refractivity contribution >= 4 is 10.9 Å². The molecule has 4 unspecified atom stereocenters. The highest BCUT2D eigenvalue weighted by Gasteiger charge is 2.54. The van der Waals surface area contributed by atoms with E-state index in [0.717, 1.165) is 48.5 Å². The summed E-state index contributed by atoms with van der Waals surface area (Å²) in [5.41, 5.74) is 2.23. The van der Waals surface area contributed by atoms with Crippen molar-refractivity contribution in [3.05, 3.63) is 90.1 Å². The first-order chi connectivity index (χ1) is 15.0. The lowest BCUT2D eigenvalue weighted by Gasteiger charge is -2.58. The third-order valence-electron chi connectivity index (χ3n) is 7.54. The summed E-state index contributed by atoms with van der Waals surface area (Å²) in [5.74, 6) is -0.265. The van der Waals surface area contributed by atoms with Gasteiger partial charge in [0.15, 0.2) is 0 Å². The summed E-state index contributed by atoms with van der Waals surface area (Å²) in [7, 11) is 0. The quantitative estimate of drug-likeness (QED) is 0.456. The zero-order valence-corrected chi connectivity index (χ0v) is 17.4. The summed E-state index contributed by atoms with van der Waals surface area (Å²) in [6.07, 6.45) is 4.96. The summed E-state index contributed by atoms with van der Waals surface area (Å²) in [5, 5.41) is 12.6. The Morgan fingerprint density at radius 1 is 1.19 bits per heavy atom. The van der Waals surface area contributed by atoms with E-state index < -0.39 is 17.7 Å². The van der Waals surface area contributed by atoms with Gasteiger partial charge in [0.05, 0.1) is 18.6 Å². The first-order valence-corrected chi connectivity index (χ1v) is 10.9. The molecular formula is C26H27F2N2O+. The van der Waals surface area contributed by atoms with Crippen LogP contribution in [0.1, 0.15) is 30.1 Å². The predicted octanol–water partition coefficient (Wildman–Crippen LogP) is 5.16. The van der Waals surface area contributed by atoms with Gasteiger partial charge in [0.1, 0.15) is 30.3 Å². The first kappa shape index (κ1) is 20.3. The third-order valence-corrected chi connectivity index (χ3v) is 7.54. The van der Waals surface area contributed by atoms with Crippen LogP contribution in [0.2, 0.25) is 0 Å². The number of pyridine rings is 1. The average Bonchev–Trinajstić information content (AvgIpc) is 2.80. The topological polar surface area (TPSA) is 33.1 Å². The Kier molecular flexibility index (Phi) is 5.11. The minimum atomic E-state index is -0.690. The highest BCUT2D eigenvalue weighted by molar-refractivity contribution is 5.82. The Morgan fingerprint density at radius 3 is 2.84 bits per heavy atom. The number of fused-ring (bicyclic) bond motifs is 4. The van der Waals surface area contributed by atoms with E-state index >= 15 is 0 Å². The molecule has 0 saturated carbocycles. The van der Waals surface area contributed by atoms with E-state index in [4.69, 9.17) is 0 Å². The number of aromatic nitrogens is 1. The fourth-order valence-electron chi connectivity index (χ4n) is 5.95. The highest BCUT2D eigenvalue weighted by Crippen LogP contribution is 2.48. The number of rotatable bonds is 5. The number of nitrogens with zero attached hydrogens (tertiary/aromatic N) is 2. The number of hydrogen-bond donors (Lipinski definition) is 1. The Balaban J connectivity index is 1.56. The molecule has 2 bridgehead atoms. The van der Waals surface area contributed by atoms with Crippen LogP contribution in [0.25, 0.3) is 10.9 Å². The summed E-state index contributed by atoms with van der Waals surface area (Å²) >= 11 is 0. The molecule has 0 radical (unpaired) electrons. The second kappa shape index (κ2) is 7.81. The largest absolute Gasteiger partial charge is 0.382 e. The molecular weight excluding hydrogens is 394 g/mol. The maximum atomic E-state index is 14.6. The van der Waals surface area contributed by atoms with Gasteiger partial charge < -0.3 is 9.59 Å². The summed E-state index contributed by atoms with van der Waals surface area (Å²) in [4.78, 5) is 4.43. The second-order valence-corrected chi connectivity index (χ2v) is 9.13. The van der Waals surface area contributed by atoms with Gasteiger partial charge in [-0.1, -0.05) is 24.3 Å². The van der Waals surface area contributed by atoms with Gasteiger partial charge in [-0.15, -0.1) is 6.58 Å². The minimum Gasteiger partial charge on any atom is -0.382 e. The minimum absolute atomic E-state index is 0.0646. The van der Waals surface area contributed by atoms with E-state index in [2.05, 4.69) is 11.6 Å². The number of hydrogen-bond acceptors (Lipinski definition) is 2. The van der Waals surface area contributed by atoms with Crippen molar-refractivity contribution in [2.45, 2.75) is 31.5 Å². The van der Waals surface area contributed by atoms with Crippen LogP contribution in [0.15, 0.2) is 67.4 Å². The van der Waals surface area contributed by atoms with E-state index in [1.807, 2.05) is 36.4 Å². The van der Waals surface area contributed by atoms with Gasteiger partial charge in [0.25, 0.3) is 0 Å². The van der Waals surface area contributed by atoms with E-state index in [-0.39, 0.29) is 6.04 Å². The van der Waals surface area contributed by atoms with Gasteiger partial charge >= 0.3 is 0 Å². The van der Waals surface area contributed by atoms with Crippen LogP contribution in [0, 0.1) is 23.5 Å². The molecule has 3 aromatic rings. The lowest BCUT2D eigenvalue weighted by Crippen LogP contribution is -2.67. The van der Waals surface area contributed by atoms with Gasteiger partial charge in [-0.25, -0.2) is 8.78 Å². The Labute approximate surface area is 181 Å². The molecule has 2 aromatic carbocycles. The van der Waals surface area contributed by atoms with Crippen LogP contribution >= 0.6 is 0 Å². The van der Waals surface area contributed by atoms with Crippen molar-refractivity contribution < 1.29 is 18.4 Å². The van der Waals surface area contributed by atoms with Crippen LogP contribution in [0.5, 0.6) is 0 Å². The maximum absolute atomic E-state index is 14.6. The van der Waals surface area contributed by atoms with Crippen LogP contribution in [0.3, 0.4) is 0 Å².